The third kappa shape index (κ3) is 5.05. The minimum absolute atomic E-state index is 0. The van der Waals surface area contributed by atoms with Crippen LogP contribution in [-0.2, 0) is 16.1 Å². The average Bonchev–Trinajstić information content (AvgIpc) is 2.54. The lowest BCUT2D eigenvalue weighted by Gasteiger charge is -2.22. The van der Waals surface area contributed by atoms with Crippen LogP contribution in [0.2, 0.25) is 0 Å². The summed E-state index contributed by atoms with van der Waals surface area (Å²) in [6.07, 6.45) is -0.414. The Morgan fingerprint density at radius 2 is 2.27 bits per heavy atom. The van der Waals surface area contributed by atoms with Crippen molar-refractivity contribution in [1.29, 1.82) is 0 Å². The molecule has 22 heavy (non-hydrogen) atoms. The van der Waals surface area contributed by atoms with Gasteiger partial charge < -0.3 is 24.8 Å². The van der Waals surface area contributed by atoms with E-state index in [9.17, 15) is 4.79 Å². The number of amides is 1. The molecule has 0 aliphatic carbocycles. The number of rotatable bonds is 6. The molecule has 1 aromatic carbocycles. The highest BCUT2D eigenvalue weighted by molar-refractivity contribution is 5.85. The molecule has 1 atom stereocenters. The lowest BCUT2D eigenvalue weighted by molar-refractivity contribution is -0.134. The lowest BCUT2D eigenvalue weighted by Crippen LogP contribution is -2.47. The quantitative estimate of drug-likeness (QED) is 0.818. The van der Waals surface area contributed by atoms with E-state index in [1.807, 2.05) is 25.1 Å². The van der Waals surface area contributed by atoms with Crippen molar-refractivity contribution in [3.8, 4) is 11.5 Å². The van der Waals surface area contributed by atoms with Gasteiger partial charge in [0, 0.05) is 19.6 Å². The van der Waals surface area contributed by atoms with E-state index in [2.05, 4.69) is 10.6 Å². The number of methoxy groups -OCH3 is 1. The number of hydrogen-bond donors (Lipinski definition) is 2. The highest BCUT2D eigenvalue weighted by Crippen LogP contribution is 2.27. The molecule has 1 unspecified atom stereocenters. The van der Waals surface area contributed by atoms with Gasteiger partial charge in [0.05, 0.1) is 20.3 Å². The summed E-state index contributed by atoms with van der Waals surface area (Å²) < 4.78 is 16.2. The first-order chi connectivity index (χ1) is 10.2. The summed E-state index contributed by atoms with van der Waals surface area (Å²) >= 11 is 0. The third-order valence-electron chi connectivity index (χ3n) is 3.21. The first-order valence-electron chi connectivity index (χ1n) is 7.14. The van der Waals surface area contributed by atoms with Crippen molar-refractivity contribution in [2.24, 2.45) is 0 Å². The summed E-state index contributed by atoms with van der Waals surface area (Å²) in [4.78, 5) is 12.0. The van der Waals surface area contributed by atoms with Gasteiger partial charge in [-0.2, -0.15) is 0 Å². The molecular weight excluding hydrogens is 308 g/mol. The molecule has 0 saturated carbocycles. The fourth-order valence-electron chi connectivity index (χ4n) is 2.13. The maximum Gasteiger partial charge on any atom is 0.250 e. The number of halogens is 1. The van der Waals surface area contributed by atoms with Crippen LogP contribution in [0.4, 0.5) is 0 Å². The summed E-state index contributed by atoms with van der Waals surface area (Å²) in [5.41, 5.74) is 0.951. The van der Waals surface area contributed by atoms with E-state index >= 15 is 0 Å². The van der Waals surface area contributed by atoms with Gasteiger partial charge in [-0.1, -0.05) is 6.07 Å². The van der Waals surface area contributed by atoms with Crippen molar-refractivity contribution in [3.63, 3.8) is 0 Å². The first kappa shape index (κ1) is 18.5. The molecule has 124 valence electrons. The number of morpholine rings is 1. The van der Waals surface area contributed by atoms with E-state index < -0.39 is 6.10 Å². The van der Waals surface area contributed by atoms with Crippen LogP contribution in [0.25, 0.3) is 0 Å². The Balaban J connectivity index is 0.00000242. The van der Waals surface area contributed by atoms with Crippen LogP contribution < -0.4 is 20.1 Å². The first-order valence-corrected chi connectivity index (χ1v) is 7.14. The van der Waals surface area contributed by atoms with Crippen LogP contribution in [0.3, 0.4) is 0 Å². The summed E-state index contributed by atoms with van der Waals surface area (Å²) in [6.45, 7) is 4.85. The fourth-order valence-corrected chi connectivity index (χ4v) is 2.13. The molecule has 1 heterocycles. The zero-order valence-corrected chi connectivity index (χ0v) is 13.7. The van der Waals surface area contributed by atoms with Gasteiger partial charge in [-0.15, -0.1) is 12.4 Å². The Hall–Kier alpha value is -1.50. The van der Waals surface area contributed by atoms with Crippen molar-refractivity contribution in [1.82, 2.24) is 10.6 Å². The second-order valence-electron chi connectivity index (χ2n) is 4.70. The largest absolute Gasteiger partial charge is 0.493 e. The van der Waals surface area contributed by atoms with Gasteiger partial charge in [-0.05, 0) is 24.6 Å². The number of nitrogens with one attached hydrogen (secondary N) is 2. The van der Waals surface area contributed by atoms with Crippen LogP contribution in [0, 0.1) is 0 Å². The topological polar surface area (TPSA) is 68.8 Å². The number of ether oxygens (including phenoxy) is 3. The second kappa shape index (κ2) is 9.50. The van der Waals surface area contributed by atoms with Gasteiger partial charge in [0.1, 0.15) is 6.10 Å². The van der Waals surface area contributed by atoms with Crippen molar-refractivity contribution < 1.29 is 19.0 Å². The molecule has 0 radical (unpaired) electrons. The van der Waals surface area contributed by atoms with Crippen molar-refractivity contribution in [3.05, 3.63) is 23.8 Å². The minimum atomic E-state index is -0.414. The third-order valence-corrected chi connectivity index (χ3v) is 3.21. The van der Waals surface area contributed by atoms with Crippen LogP contribution >= 0.6 is 12.4 Å². The number of carbonyl (C=O) groups is 1. The standard InChI is InChI=1S/C15H22N2O4.ClH/c1-3-20-12-5-4-11(8-13(12)19-2)9-17-15(18)14-10-16-6-7-21-14;/h4-5,8,14,16H,3,6-7,9-10H2,1-2H3,(H,17,18);1H. The minimum Gasteiger partial charge on any atom is -0.493 e. The number of benzene rings is 1. The van der Waals surface area contributed by atoms with Gasteiger partial charge in [-0.3, -0.25) is 4.79 Å². The molecule has 1 saturated heterocycles. The van der Waals surface area contributed by atoms with Crippen molar-refractivity contribution >= 4 is 18.3 Å². The maximum absolute atomic E-state index is 12.0. The molecular formula is C15H23ClN2O4. The fraction of sp³-hybridized carbons (Fsp3) is 0.533. The molecule has 0 spiro atoms. The molecule has 2 rings (SSSR count). The highest BCUT2D eigenvalue weighted by atomic mass is 35.5. The molecule has 0 aromatic heterocycles. The number of carbonyl (C=O) groups excluding carboxylic acids is 1. The lowest BCUT2D eigenvalue weighted by atomic mass is 10.2. The second-order valence-corrected chi connectivity index (χ2v) is 4.70. The molecule has 1 aliphatic heterocycles. The predicted molar refractivity (Wildman–Crippen MR) is 85.9 cm³/mol. The Bertz CT molecular complexity index is 479. The summed E-state index contributed by atoms with van der Waals surface area (Å²) in [6, 6.07) is 5.63. The SMILES string of the molecule is CCOc1ccc(CNC(=O)C2CNCCO2)cc1OC.Cl. The average molecular weight is 331 g/mol. The zero-order valence-electron chi connectivity index (χ0n) is 12.9. The smallest absolute Gasteiger partial charge is 0.250 e. The Morgan fingerprint density at radius 1 is 1.45 bits per heavy atom. The van der Waals surface area contributed by atoms with E-state index in [1.165, 1.54) is 0 Å². The van der Waals surface area contributed by atoms with Gasteiger partial charge in [0.15, 0.2) is 11.5 Å². The van der Waals surface area contributed by atoms with Crippen LogP contribution in [0.5, 0.6) is 11.5 Å². The highest BCUT2D eigenvalue weighted by Gasteiger charge is 2.21. The summed E-state index contributed by atoms with van der Waals surface area (Å²) in [5, 5.41) is 6.00. The number of hydrogen-bond acceptors (Lipinski definition) is 5. The van der Waals surface area contributed by atoms with Crippen LogP contribution in [0.1, 0.15) is 12.5 Å². The normalized spacial score (nSPS) is 17.3. The molecule has 1 aromatic rings. The van der Waals surface area contributed by atoms with Gasteiger partial charge in [0.25, 0.3) is 5.91 Å². The van der Waals surface area contributed by atoms with Crippen molar-refractivity contribution in [2.45, 2.75) is 19.6 Å². The Labute approximate surface area is 136 Å². The molecule has 1 aliphatic rings. The van der Waals surface area contributed by atoms with Crippen molar-refractivity contribution in [2.75, 3.05) is 33.4 Å². The maximum atomic E-state index is 12.0. The van der Waals surface area contributed by atoms with Crippen LogP contribution in [0.15, 0.2) is 18.2 Å². The molecule has 2 N–H and O–H groups in total. The monoisotopic (exact) mass is 330 g/mol. The molecule has 0 bridgehead atoms. The van der Waals surface area contributed by atoms with E-state index in [0.29, 0.717) is 37.8 Å². The molecule has 6 nitrogen and oxygen atoms in total. The Morgan fingerprint density at radius 3 is 2.91 bits per heavy atom. The summed E-state index contributed by atoms with van der Waals surface area (Å²) in [5.74, 6) is 1.27. The predicted octanol–water partition coefficient (Wildman–Crippen LogP) is 1.12. The van der Waals surface area contributed by atoms with E-state index in [4.69, 9.17) is 14.2 Å². The van der Waals surface area contributed by atoms with Gasteiger partial charge in [-0.25, -0.2) is 0 Å². The van der Waals surface area contributed by atoms with E-state index in [-0.39, 0.29) is 18.3 Å². The molecule has 7 heteroatoms. The van der Waals surface area contributed by atoms with Crippen LogP contribution in [-0.4, -0.2) is 45.4 Å². The molecule has 1 amide bonds. The van der Waals surface area contributed by atoms with E-state index in [1.54, 1.807) is 7.11 Å². The Kier molecular flexibility index (Phi) is 8.01. The summed E-state index contributed by atoms with van der Waals surface area (Å²) in [7, 11) is 1.60. The van der Waals surface area contributed by atoms with Gasteiger partial charge >= 0.3 is 0 Å². The van der Waals surface area contributed by atoms with Gasteiger partial charge in [0.2, 0.25) is 0 Å². The molecule has 1 fully saturated rings. The zero-order chi connectivity index (χ0) is 15.1. The van der Waals surface area contributed by atoms with E-state index in [0.717, 1.165) is 12.1 Å².